The molecule has 0 radical (unpaired) electrons. The Labute approximate surface area is 162 Å². The van der Waals surface area contributed by atoms with E-state index in [-0.39, 0.29) is 5.56 Å². The minimum absolute atomic E-state index is 0.0590. The van der Waals surface area contributed by atoms with Crippen molar-refractivity contribution in [1.29, 1.82) is 0 Å². The number of pyridine rings is 1. The Morgan fingerprint density at radius 1 is 1.15 bits per heavy atom. The molecule has 0 aliphatic heterocycles. The van der Waals surface area contributed by atoms with Gasteiger partial charge in [-0.2, -0.15) is 0 Å². The van der Waals surface area contributed by atoms with Gasteiger partial charge in [0.2, 0.25) is 0 Å². The summed E-state index contributed by atoms with van der Waals surface area (Å²) in [4.78, 5) is 15.3. The van der Waals surface area contributed by atoms with Gasteiger partial charge >= 0.3 is 0 Å². The van der Waals surface area contributed by atoms with Gasteiger partial charge < -0.3 is 15.6 Å². The van der Waals surface area contributed by atoms with E-state index in [1.807, 2.05) is 31.2 Å². The third kappa shape index (κ3) is 4.42. The van der Waals surface area contributed by atoms with Gasteiger partial charge in [0.15, 0.2) is 5.11 Å². The van der Waals surface area contributed by atoms with Gasteiger partial charge in [-0.15, -0.1) is 0 Å². The van der Waals surface area contributed by atoms with Gasteiger partial charge in [-0.25, -0.2) is 0 Å². The minimum atomic E-state index is -0.0590. The molecule has 3 rings (SSSR count). The van der Waals surface area contributed by atoms with Crippen LogP contribution in [0.1, 0.15) is 16.7 Å². The Balaban J connectivity index is 1.64. The van der Waals surface area contributed by atoms with Crippen LogP contribution in [0.15, 0.2) is 47.3 Å². The van der Waals surface area contributed by atoms with Crippen molar-refractivity contribution in [2.45, 2.75) is 20.3 Å². The van der Waals surface area contributed by atoms with E-state index >= 15 is 0 Å². The van der Waals surface area contributed by atoms with Crippen LogP contribution in [0, 0.1) is 13.8 Å². The van der Waals surface area contributed by atoms with Crippen molar-refractivity contribution in [2.75, 3.05) is 11.9 Å². The molecule has 6 heteroatoms. The molecule has 1 heterocycles. The molecule has 3 N–H and O–H groups in total. The molecule has 0 unspecified atom stereocenters. The van der Waals surface area contributed by atoms with Crippen LogP contribution >= 0.6 is 23.8 Å². The summed E-state index contributed by atoms with van der Waals surface area (Å²) in [6.07, 6.45) is 0.579. The summed E-state index contributed by atoms with van der Waals surface area (Å²) >= 11 is 11.2. The Morgan fingerprint density at radius 3 is 2.69 bits per heavy atom. The van der Waals surface area contributed by atoms with E-state index in [0.717, 1.165) is 22.2 Å². The fourth-order valence-electron chi connectivity index (χ4n) is 2.76. The maximum atomic E-state index is 12.3. The van der Waals surface area contributed by atoms with Gasteiger partial charge in [0.05, 0.1) is 0 Å². The first-order valence-electron chi connectivity index (χ1n) is 8.36. The number of anilines is 1. The molecule has 0 amide bonds. The summed E-state index contributed by atoms with van der Waals surface area (Å²) in [5.41, 5.74) is 4.74. The zero-order valence-corrected chi connectivity index (χ0v) is 16.2. The van der Waals surface area contributed by atoms with Crippen LogP contribution < -0.4 is 16.2 Å². The van der Waals surface area contributed by atoms with Crippen LogP contribution in [0.3, 0.4) is 0 Å². The zero-order valence-electron chi connectivity index (χ0n) is 14.7. The van der Waals surface area contributed by atoms with Gasteiger partial charge in [-0.1, -0.05) is 17.7 Å². The largest absolute Gasteiger partial charge is 0.362 e. The van der Waals surface area contributed by atoms with Gasteiger partial charge in [0, 0.05) is 28.3 Å². The second kappa shape index (κ2) is 7.89. The normalized spacial score (nSPS) is 10.7. The highest BCUT2D eigenvalue weighted by Crippen LogP contribution is 2.17. The minimum Gasteiger partial charge on any atom is -0.362 e. The molecule has 26 heavy (non-hydrogen) atoms. The monoisotopic (exact) mass is 385 g/mol. The van der Waals surface area contributed by atoms with Gasteiger partial charge in [0.1, 0.15) is 0 Å². The van der Waals surface area contributed by atoms with Crippen molar-refractivity contribution >= 4 is 45.5 Å². The number of fused-ring (bicyclic) bond motifs is 1. The average Bonchev–Trinajstić information content (AvgIpc) is 2.57. The molecule has 0 fully saturated rings. The molecule has 0 saturated carbocycles. The van der Waals surface area contributed by atoms with Crippen molar-refractivity contribution in [2.24, 2.45) is 0 Å². The van der Waals surface area contributed by atoms with Crippen LogP contribution in [0.2, 0.25) is 5.02 Å². The molecule has 1 aromatic heterocycles. The third-order valence-electron chi connectivity index (χ3n) is 4.30. The summed E-state index contributed by atoms with van der Waals surface area (Å²) < 4.78 is 0. The third-order valence-corrected chi connectivity index (χ3v) is 4.78. The van der Waals surface area contributed by atoms with Crippen LogP contribution in [-0.4, -0.2) is 16.6 Å². The van der Waals surface area contributed by atoms with E-state index in [0.29, 0.717) is 23.1 Å². The Hall–Kier alpha value is -2.37. The Kier molecular flexibility index (Phi) is 5.59. The standard InChI is InChI=1S/C20H20ClN3OS/c1-12-8-15-10-14(19(25)24-18(15)9-13(12)2)6-7-22-20(26)23-17-5-3-4-16(21)11-17/h3-5,8-11H,6-7H2,1-2H3,(H,24,25)(H2,22,23,26). The number of benzene rings is 2. The number of hydrogen-bond acceptors (Lipinski definition) is 2. The Morgan fingerprint density at radius 2 is 1.92 bits per heavy atom. The number of aromatic nitrogens is 1. The van der Waals surface area contributed by atoms with Crippen molar-refractivity contribution in [1.82, 2.24) is 10.3 Å². The fraction of sp³-hybridized carbons (Fsp3) is 0.200. The molecular formula is C20H20ClN3OS. The number of nitrogens with one attached hydrogen (secondary N) is 3. The smallest absolute Gasteiger partial charge is 0.251 e. The van der Waals surface area contributed by atoms with E-state index in [1.54, 1.807) is 12.1 Å². The lowest BCUT2D eigenvalue weighted by atomic mass is 10.0. The predicted molar refractivity (Wildman–Crippen MR) is 113 cm³/mol. The highest BCUT2D eigenvalue weighted by Gasteiger charge is 2.05. The van der Waals surface area contributed by atoms with E-state index in [1.165, 1.54) is 11.1 Å². The first-order chi connectivity index (χ1) is 12.4. The SMILES string of the molecule is Cc1cc2cc(CCNC(=S)Nc3cccc(Cl)c3)c(=O)[nH]c2cc1C. The number of halogens is 1. The summed E-state index contributed by atoms with van der Waals surface area (Å²) in [6.45, 7) is 4.67. The lowest BCUT2D eigenvalue weighted by Crippen LogP contribution is -2.31. The topological polar surface area (TPSA) is 56.9 Å². The van der Waals surface area contributed by atoms with Crippen LogP contribution in [0.25, 0.3) is 10.9 Å². The zero-order chi connectivity index (χ0) is 18.7. The first-order valence-corrected chi connectivity index (χ1v) is 9.14. The molecule has 4 nitrogen and oxygen atoms in total. The molecule has 0 spiro atoms. The Bertz CT molecular complexity index is 1030. The van der Waals surface area contributed by atoms with Crippen LogP contribution in [0.4, 0.5) is 5.69 Å². The maximum Gasteiger partial charge on any atom is 0.251 e. The van der Waals surface area contributed by atoms with Crippen molar-refractivity contribution in [3.63, 3.8) is 0 Å². The number of aromatic amines is 1. The number of hydrogen-bond donors (Lipinski definition) is 3. The quantitative estimate of drug-likeness (QED) is 0.585. The summed E-state index contributed by atoms with van der Waals surface area (Å²) in [5.74, 6) is 0. The summed E-state index contributed by atoms with van der Waals surface area (Å²) in [7, 11) is 0. The van der Waals surface area contributed by atoms with Crippen LogP contribution in [-0.2, 0) is 6.42 Å². The van der Waals surface area contributed by atoms with Crippen molar-refractivity contribution in [3.8, 4) is 0 Å². The molecule has 0 saturated heterocycles. The number of thiocarbonyl (C=S) groups is 1. The predicted octanol–water partition coefficient (Wildman–Crippen LogP) is 4.33. The van der Waals surface area contributed by atoms with E-state index in [4.69, 9.17) is 23.8 Å². The maximum absolute atomic E-state index is 12.3. The van der Waals surface area contributed by atoms with Gasteiger partial charge in [-0.3, -0.25) is 4.79 Å². The number of H-pyrrole nitrogens is 1. The summed E-state index contributed by atoms with van der Waals surface area (Å²) in [6, 6.07) is 13.4. The second-order valence-electron chi connectivity index (χ2n) is 6.29. The molecule has 2 aromatic carbocycles. The van der Waals surface area contributed by atoms with Crippen molar-refractivity contribution < 1.29 is 0 Å². The highest BCUT2D eigenvalue weighted by atomic mass is 35.5. The molecule has 0 aliphatic carbocycles. The van der Waals surface area contributed by atoms with E-state index in [2.05, 4.69) is 28.6 Å². The lowest BCUT2D eigenvalue weighted by Gasteiger charge is -2.11. The molecular weight excluding hydrogens is 366 g/mol. The van der Waals surface area contributed by atoms with Crippen molar-refractivity contribution in [3.05, 3.63) is 74.5 Å². The molecule has 0 bridgehead atoms. The van der Waals surface area contributed by atoms with Gasteiger partial charge in [0.25, 0.3) is 5.56 Å². The average molecular weight is 386 g/mol. The molecule has 0 aliphatic rings. The second-order valence-corrected chi connectivity index (χ2v) is 7.13. The fourth-order valence-corrected chi connectivity index (χ4v) is 3.17. The highest BCUT2D eigenvalue weighted by molar-refractivity contribution is 7.80. The molecule has 3 aromatic rings. The van der Waals surface area contributed by atoms with E-state index < -0.39 is 0 Å². The molecule has 134 valence electrons. The summed E-state index contributed by atoms with van der Waals surface area (Å²) in [5, 5.41) is 8.38. The number of aryl methyl sites for hydroxylation is 2. The van der Waals surface area contributed by atoms with Crippen LogP contribution in [0.5, 0.6) is 0 Å². The van der Waals surface area contributed by atoms with Gasteiger partial charge in [-0.05, 0) is 85.4 Å². The molecule has 0 atom stereocenters. The lowest BCUT2D eigenvalue weighted by molar-refractivity contribution is 0.863. The van der Waals surface area contributed by atoms with E-state index in [9.17, 15) is 4.79 Å². The first kappa shape index (κ1) is 18.4. The number of rotatable bonds is 4.